The molecule has 1 fully saturated rings. The van der Waals surface area contributed by atoms with E-state index in [4.69, 9.17) is 4.74 Å². The van der Waals surface area contributed by atoms with Crippen LogP contribution in [0.2, 0.25) is 0 Å². The number of phenols is 1. The van der Waals surface area contributed by atoms with Crippen LogP contribution in [0.5, 0.6) is 11.5 Å². The number of carboxylic acids is 1. The Balaban J connectivity index is 1.60. The smallest absolute Gasteiger partial charge is 0.328 e. The molecule has 1 aliphatic rings. The molecule has 1 atom stereocenters. The Morgan fingerprint density at radius 3 is 2.69 bits per heavy atom. The fraction of sp³-hybridized carbons (Fsp3) is 0.400. The first-order chi connectivity index (χ1) is 17.0. The second-order valence-electron chi connectivity index (χ2n) is 8.53. The molecule has 0 spiro atoms. The number of aromatic nitrogens is 3. The fourth-order valence-electron chi connectivity index (χ4n) is 4.51. The number of rotatable bonds is 10. The number of nitrogens with zero attached hydrogens (tertiary/aromatic N) is 5. The van der Waals surface area contributed by atoms with Crippen LogP contribution in [-0.4, -0.2) is 74.4 Å². The van der Waals surface area contributed by atoms with Crippen molar-refractivity contribution < 1.29 is 19.7 Å². The first-order valence-electron chi connectivity index (χ1n) is 11.6. The molecular weight excluding hydrogens is 466 g/mol. The summed E-state index contributed by atoms with van der Waals surface area (Å²) in [5.74, 6) is 1.61. The van der Waals surface area contributed by atoms with E-state index in [0.717, 1.165) is 29.8 Å². The standard InChI is InChI=1S/C25H31N5O4S/c1-34-22-8-4-6-20(16-22)29-17-24(26-27-29)30(23(25(32)33)11-14-35-2)28-12-9-18(10-13-28)19-5-3-7-21(31)15-19/h3-8,15-18,23,31H,9-14H2,1-2H3,(H,32,33)/t23-/m0/s1. The normalized spacial score (nSPS) is 15.6. The Labute approximate surface area is 209 Å². The molecule has 4 rings (SSSR count). The summed E-state index contributed by atoms with van der Waals surface area (Å²) in [6.45, 7) is 1.35. The number of hydrogen-bond acceptors (Lipinski definition) is 8. The van der Waals surface area contributed by atoms with Gasteiger partial charge in [-0.2, -0.15) is 11.8 Å². The largest absolute Gasteiger partial charge is 0.508 e. The number of hydrazine groups is 1. The molecule has 2 N–H and O–H groups in total. The predicted molar refractivity (Wildman–Crippen MR) is 136 cm³/mol. The number of ether oxygens (including phenoxy) is 1. The Morgan fingerprint density at radius 1 is 1.23 bits per heavy atom. The minimum Gasteiger partial charge on any atom is -0.508 e. The number of carbonyl (C=O) groups is 1. The molecule has 3 aromatic rings. The summed E-state index contributed by atoms with van der Waals surface area (Å²) in [5.41, 5.74) is 1.89. The van der Waals surface area contributed by atoms with Crippen molar-refractivity contribution in [2.75, 3.05) is 37.2 Å². The molecule has 1 aliphatic heterocycles. The molecular formula is C25H31N5O4S. The van der Waals surface area contributed by atoms with Crippen molar-refractivity contribution in [3.8, 4) is 17.2 Å². The van der Waals surface area contributed by atoms with Gasteiger partial charge in [0, 0.05) is 19.2 Å². The molecule has 0 aliphatic carbocycles. The Bertz CT molecular complexity index is 1130. The lowest BCUT2D eigenvalue weighted by Crippen LogP contribution is -2.55. The average Bonchev–Trinajstić information content (AvgIpc) is 3.36. The van der Waals surface area contributed by atoms with Crippen LogP contribution in [0, 0.1) is 0 Å². The molecule has 9 nitrogen and oxygen atoms in total. The van der Waals surface area contributed by atoms with Gasteiger partial charge in [-0.15, -0.1) is 5.10 Å². The number of piperidine rings is 1. The molecule has 2 heterocycles. The molecule has 0 bridgehead atoms. The highest BCUT2D eigenvalue weighted by Crippen LogP contribution is 2.32. The van der Waals surface area contributed by atoms with E-state index in [0.29, 0.717) is 37.0 Å². The van der Waals surface area contributed by atoms with Crippen LogP contribution in [-0.2, 0) is 4.79 Å². The van der Waals surface area contributed by atoms with E-state index in [1.807, 2.05) is 48.7 Å². The lowest BCUT2D eigenvalue weighted by molar-refractivity contribution is -0.139. The maximum absolute atomic E-state index is 12.4. The molecule has 0 radical (unpaired) electrons. The zero-order valence-electron chi connectivity index (χ0n) is 19.9. The van der Waals surface area contributed by atoms with E-state index in [1.165, 1.54) is 0 Å². The van der Waals surface area contributed by atoms with Crippen LogP contribution < -0.4 is 9.75 Å². The summed E-state index contributed by atoms with van der Waals surface area (Å²) < 4.78 is 6.95. The van der Waals surface area contributed by atoms with Crippen LogP contribution in [0.4, 0.5) is 5.82 Å². The Morgan fingerprint density at radius 2 is 2.00 bits per heavy atom. The number of hydrogen-bond donors (Lipinski definition) is 2. The predicted octanol–water partition coefficient (Wildman–Crippen LogP) is 3.79. The lowest BCUT2D eigenvalue weighted by atomic mass is 9.90. The molecule has 1 aromatic heterocycles. The zero-order valence-corrected chi connectivity index (χ0v) is 20.8. The third-order valence-electron chi connectivity index (χ3n) is 6.33. The van der Waals surface area contributed by atoms with E-state index >= 15 is 0 Å². The zero-order chi connectivity index (χ0) is 24.8. The van der Waals surface area contributed by atoms with Gasteiger partial charge in [0.15, 0.2) is 5.82 Å². The number of methoxy groups -OCH3 is 1. The van der Waals surface area contributed by atoms with Crippen LogP contribution in [0.15, 0.2) is 54.7 Å². The molecule has 1 saturated heterocycles. The van der Waals surface area contributed by atoms with Gasteiger partial charge in [0.05, 0.1) is 19.0 Å². The number of aromatic hydroxyl groups is 1. The quantitative estimate of drug-likeness (QED) is 0.433. The number of phenolic OH excluding ortho intramolecular Hbond substituents is 1. The number of benzene rings is 2. The van der Waals surface area contributed by atoms with Crippen molar-refractivity contribution in [2.24, 2.45) is 0 Å². The molecule has 0 saturated carbocycles. The van der Waals surface area contributed by atoms with Gasteiger partial charge in [-0.25, -0.2) is 14.5 Å². The minimum atomic E-state index is -0.884. The Kier molecular flexibility index (Phi) is 8.14. The maximum atomic E-state index is 12.4. The van der Waals surface area contributed by atoms with Crippen molar-refractivity contribution in [2.45, 2.75) is 31.2 Å². The van der Waals surface area contributed by atoms with Crippen LogP contribution in [0.1, 0.15) is 30.7 Å². The van der Waals surface area contributed by atoms with Crippen molar-refractivity contribution in [3.05, 3.63) is 60.3 Å². The first-order valence-corrected chi connectivity index (χ1v) is 13.0. The highest BCUT2D eigenvalue weighted by molar-refractivity contribution is 7.98. The van der Waals surface area contributed by atoms with Crippen molar-refractivity contribution >= 4 is 23.5 Å². The summed E-state index contributed by atoms with van der Waals surface area (Å²) in [4.78, 5) is 12.4. The van der Waals surface area contributed by atoms with E-state index in [9.17, 15) is 15.0 Å². The third kappa shape index (κ3) is 5.88. The number of thioether (sulfide) groups is 1. The average molecular weight is 498 g/mol. The van der Waals surface area contributed by atoms with E-state index < -0.39 is 12.0 Å². The second kappa shape index (κ2) is 11.5. The number of carboxylic acid groups (broad SMARTS) is 1. The topological polar surface area (TPSA) is 104 Å². The first kappa shape index (κ1) is 24.9. The van der Waals surface area contributed by atoms with Gasteiger partial charge in [0.2, 0.25) is 0 Å². The van der Waals surface area contributed by atoms with Crippen LogP contribution in [0.25, 0.3) is 5.69 Å². The lowest BCUT2D eigenvalue weighted by Gasteiger charge is -2.42. The van der Waals surface area contributed by atoms with Gasteiger partial charge in [-0.05, 0) is 67.0 Å². The molecule has 2 aromatic carbocycles. The molecule has 186 valence electrons. The second-order valence-corrected chi connectivity index (χ2v) is 9.51. The summed E-state index contributed by atoms with van der Waals surface area (Å²) >= 11 is 1.62. The van der Waals surface area contributed by atoms with Gasteiger partial charge in [0.1, 0.15) is 17.5 Å². The van der Waals surface area contributed by atoms with Crippen molar-refractivity contribution in [1.29, 1.82) is 0 Å². The highest BCUT2D eigenvalue weighted by atomic mass is 32.2. The molecule has 35 heavy (non-hydrogen) atoms. The Hall–Kier alpha value is -3.24. The van der Waals surface area contributed by atoms with Gasteiger partial charge in [-0.3, -0.25) is 5.01 Å². The van der Waals surface area contributed by atoms with E-state index in [2.05, 4.69) is 15.3 Å². The SMILES string of the molecule is COc1cccc(-n2cc(N([C@@H](CCSC)C(=O)O)N3CCC(c4cccc(O)c4)CC3)nn2)c1. The van der Waals surface area contributed by atoms with E-state index in [1.54, 1.807) is 40.8 Å². The van der Waals surface area contributed by atoms with Gasteiger partial charge in [-0.1, -0.05) is 23.4 Å². The monoisotopic (exact) mass is 497 g/mol. The summed E-state index contributed by atoms with van der Waals surface area (Å²) in [7, 11) is 1.61. The van der Waals surface area contributed by atoms with Gasteiger partial charge < -0.3 is 14.9 Å². The third-order valence-corrected chi connectivity index (χ3v) is 6.97. The maximum Gasteiger partial charge on any atom is 0.328 e. The summed E-state index contributed by atoms with van der Waals surface area (Å²) in [6.07, 6.45) is 5.92. The van der Waals surface area contributed by atoms with Crippen molar-refractivity contribution in [3.63, 3.8) is 0 Å². The number of anilines is 1. The molecule has 0 unspecified atom stereocenters. The molecule has 10 heteroatoms. The number of aliphatic carboxylic acids is 1. The summed E-state index contributed by atoms with van der Waals surface area (Å²) in [5, 5.41) is 32.6. The van der Waals surface area contributed by atoms with Crippen LogP contribution >= 0.6 is 11.8 Å². The van der Waals surface area contributed by atoms with Gasteiger partial charge >= 0.3 is 5.97 Å². The van der Waals surface area contributed by atoms with Crippen LogP contribution in [0.3, 0.4) is 0 Å². The minimum absolute atomic E-state index is 0.267. The van der Waals surface area contributed by atoms with E-state index in [-0.39, 0.29) is 5.75 Å². The highest BCUT2D eigenvalue weighted by Gasteiger charge is 2.34. The summed E-state index contributed by atoms with van der Waals surface area (Å²) in [6, 6.07) is 14.1. The fourth-order valence-corrected chi connectivity index (χ4v) is 4.97. The van der Waals surface area contributed by atoms with Crippen molar-refractivity contribution in [1.82, 2.24) is 20.0 Å². The molecule has 0 amide bonds. The van der Waals surface area contributed by atoms with Gasteiger partial charge in [0.25, 0.3) is 0 Å².